The van der Waals surface area contributed by atoms with Crippen LogP contribution in [0.2, 0.25) is 0 Å². The van der Waals surface area contributed by atoms with Crippen LogP contribution in [0.5, 0.6) is 0 Å². The largest absolute Gasteiger partial charge is 0.462 e. The van der Waals surface area contributed by atoms with Crippen LogP contribution in [0.25, 0.3) is 11.6 Å². The van der Waals surface area contributed by atoms with Gasteiger partial charge >= 0.3 is 5.97 Å². The highest BCUT2D eigenvalue weighted by atomic mass is 32.2. The molecular formula is C20H24N4O4S2. The highest BCUT2D eigenvalue weighted by molar-refractivity contribution is 7.99. The summed E-state index contributed by atoms with van der Waals surface area (Å²) in [6.07, 6.45) is 1.58. The van der Waals surface area contributed by atoms with Crippen molar-refractivity contribution in [2.75, 3.05) is 17.7 Å². The van der Waals surface area contributed by atoms with Gasteiger partial charge in [0.2, 0.25) is 11.7 Å². The van der Waals surface area contributed by atoms with Gasteiger partial charge in [-0.3, -0.25) is 9.36 Å². The van der Waals surface area contributed by atoms with Crippen LogP contribution in [0.15, 0.2) is 28.0 Å². The summed E-state index contributed by atoms with van der Waals surface area (Å²) < 4.78 is 12.5. The minimum atomic E-state index is -0.426. The second kappa shape index (κ2) is 9.48. The molecule has 3 heterocycles. The summed E-state index contributed by atoms with van der Waals surface area (Å²) in [6, 6.07) is 3.70. The predicted molar refractivity (Wildman–Crippen MR) is 117 cm³/mol. The second-order valence-corrected chi connectivity index (χ2v) is 8.96. The van der Waals surface area contributed by atoms with E-state index in [9.17, 15) is 9.59 Å². The first kappa shape index (κ1) is 22.1. The number of thioether (sulfide) groups is 1. The van der Waals surface area contributed by atoms with Gasteiger partial charge in [0, 0.05) is 10.9 Å². The number of carbonyl (C=O) groups excluding carboxylic acids is 2. The van der Waals surface area contributed by atoms with E-state index < -0.39 is 5.97 Å². The molecule has 0 radical (unpaired) electrons. The summed E-state index contributed by atoms with van der Waals surface area (Å²) in [6.45, 7) is 9.83. The van der Waals surface area contributed by atoms with E-state index in [-0.39, 0.29) is 24.3 Å². The van der Waals surface area contributed by atoms with Crippen molar-refractivity contribution in [3.63, 3.8) is 0 Å². The van der Waals surface area contributed by atoms with Crippen LogP contribution in [0.1, 0.15) is 47.6 Å². The predicted octanol–water partition coefficient (Wildman–Crippen LogP) is 4.70. The van der Waals surface area contributed by atoms with E-state index in [2.05, 4.69) is 15.5 Å². The number of hydrogen-bond donors (Lipinski definition) is 1. The number of rotatable bonds is 8. The maximum atomic E-state index is 12.6. The molecule has 1 amide bonds. The number of amides is 1. The molecule has 3 aromatic rings. The molecule has 30 heavy (non-hydrogen) atoms. The molecule has 10 heteroatoms. The number of furan rings is 1. The van der Waals surface area contributed by atoms with Gasteiger partial charge in [-0.25, -0.2) is 4.79 Å². The molecule has 0 aliphatic carbocycles. The van der Waals surface area contributed by atoms with E-state index in [1.165, 1.54) is 23.1 Å². The maximum absolute atomic E-state index is 12.6. The molecule has 0 saturated heterocycles. The average molecular weight is 449 g/mol. The van der Waals surface area contributed by atoms with Crippen molar-refractivity contribution < 1.29 is 18.7 Å². The van der Waals surface area contributed by atoms with Gasteiger partial charge in [0.15, 0.2) is 10.9 Å². The Morgan fingerprint density at radius 2 is 2.10 bits per heavy atom. The molecule has 1 N–H and O–H groups in total. The molecule has 0 saturated carbocycles. The van der Waals surface area contributed by atoms with Crippen LogP contribution in [-0.4, -0.2) is 39.0 Å². The van der Waals surface area contributed by atoms with Gasteiger partial charge in [-0.15, -0.1) is 21.5 Å². The third-order valence-electron chi connectivity index (χ3n) is 4.37. The van der Waals surface area contributed by atoms with Crippen LogP contribution in [0, 0.1) is 13.8 Å². The molecular weight excluding hydrogens is 424 g/mol. The van der Waals surface area contributed by atoms with E-state index in [1.807, 2.05) is 38.3 Å². The molecule has 0 unspecified atom stereocenters. The molecule has 0 aliphatic rings. The lowest BCUT2D eigenvalue weighted by molar-refractivity contribution is -0.113. The molecule has 0 fully saturated rings. The van der Waals surface area contributed by atoms with E-state index in [0.717, 1.165) is 10.4 Å². The van der Waals surface area contributed by atoms with Crippen molar-refractivity contribution in [3.05, 3.63) is 34.4 Å². The SMILES string of the molecule is CCOC(=O)c1c(NC(=O)CSc2nnc(-c3ccco3)n2C(C)C)sc(C)c1C. The van der Waals surface area contributed by atoms with Crippen molar-refractivity contribution in [1.82, 2.24) is 14.8 Å². The highest BCUT2D eigenvalue weighted by Gasteiger charge is 2.23. The number of hydrogen-bond acceptors (Lipinski definition) is 8. The highest BCUT2D eigenvalue weighted by Crippen LogP contribution is 2.33. The van der Waals surface area contributed by atoms with Crippen LogP contribution in [-0.2, 0) is 9.53 Å². The standard InChI is InChI=1S/C20H24N4O4S2/c1-6-27-19(26)16-12(4)13(5)30-18(16)21-15(25)10-29-20-23-22-17(24(20)11(2)3)14-8-7-9-28-14/h7-9,11H,6,10H2,1-5H3,(H,21,25). The number of esters is 1. The Bertz CT molecular complexity index is 1040. The van der Waals surface area contributed by atoms with Gasteiger partial charge in [0.25, 0.3) is 0 Å². The lowest BCUT2D eigenvalue weighted by Crippen LogP contribution is -2.17. The van der Waals surface area contributed by atoms with E-state index in [1.54, 1.807) is 19.3 Å². The first-order chi connectivity index (χ1) is 14.3. The quantitative estimate of drug-likeness (QED) is 0.394. The van der Waals surface area contributed by atoms with Gasteiger partial charge in [-0.2, -0.15) is 0 Å². The average Bonchev–Trinajstić information content (AvgIpc) is 3.40. The Kier molecular flexibility index (Phi) is 6.99. The summed E-state index contributed by atoms with van der Waals surface area (Å²) in [7, 11) is 0. The summed E-state index contributed by atoms with van der Waals surface area (Å²) in [5.41, 5.74) is 1.24. The first-order valence-corrected chi connectivity index (χ1v) is 11.3. The number of ether oxygens (including phenoxy) is 1. The number of anilines is 1. The third-order valence-corrected chi connectivity index (χ3v) is 6.44. The fourth-order valence-electron chi connectivity index (χ4n) is 2.87. The Morgan fingerprint density at radius 3 is 2.73 bits per heavy atom. The van der Waals surface area contributed by atoms with Crippen molar-refractivity contribution >= 4 is 40.0 Å². The van der Waals surface area contributed by atoms with Gasteiger partial charge in [0.1, 0.15) is 5.00 Å². The summed E-state index contributed by atoms with van der Waals surface area (Å²) in [5.74, 6) is 0.707. The number of aromatic nitrogens is 3. The van der Waals surface area contributed by atoms with Crippen LogP contribution in [0.3, 0.4) is 0 Å². The Hall–Kier alpha value is -2.59. The maximum Gasteiger partial charge on any atom is 0.341 e. The number of nitrogens with one attached hydrogen (secondary N) is 1. The summed E-state index contributed by atoms with van der Waals surface area (Å²) in [4.78, 5) is 25.9. The number of carbonyl (C=O) groups is 2. The minimum absolute atomic E-state index is 0.0867. The lowest BCUT2D eigenvalue weighted by atomic mass is 10.1. The van der Waals surface area contributed by atoms with Gasteiger partial charge in [-0.1, -0.05) is 11.8 Å². The molecule has 0 aliphatic heterocycles. The zero-order valence-corrected chi connectivity index (χ0v) is 19.1. The molecule has 0 aromatic carbocycles. The zero-order chi connectivity index (χ0) is 21.8. The molecule has 3 aromatic heterocycles. The van der Waals surface area contributed by atoms with Crippen LogP contribution < -0.4 is 5.32 Å². The molecule has 3 rings (SSSR count). The molecule has 0 atom stereocenters. The first-order valence-electron chi connectivity index (χ1n) is 9.52. The second-order valence-electron chi connectivity index (χ2n) is 6.79. The third kappa shape index (κ3) is 4.59. The number of nitrogens with zero attached hydrogens (tertiary/aromatic N) is 3. The van der Waals surface area contributed by atoms with Gasteiger partial charge in [0.05, 0.1) is 24.2 Å². The van der Waals surface area contributed by atoms with Gasteiger partial charge < -0.3 is 14.5 Å². The van der Waals surface area contributed by atoms with Crippen molar-refractivity contribution in [2.24, 2.45) is 0 Å². The monoisotopic (exact) mass is 448 g/mol. The molecule has 160 valence electrons. The fraction of sp³-hybridized carbons (Fsp3) is 0.400. The molecule has 0 bridgehead atoms. The van der Waals surface area contributed by atoms with Crippen molar-refractivity contribution in [1.29, 1.82) is 0 Å². The van der Waals surface area contributed by atoms with E-state index >= 15 is 0 Å². The van der Waals surface area contributed by atoms with Crippen molar-refractivity contribution in [2.45, 2.75) is 45.8 Å². The topological polar surface area (TPSA) is 99.2 Å². The minimum Gasteiger partial charge on any atom is -0.462 e. The fourth-order valence-corrected chi connectivity index (χ4v) is 4.80. The molecule has 0 spiro atoms. The van der Waals surface area contributed by atoms with E-state index in [4.69, 9.17) is 9.15 Å². The van der Waals surface area contributed by atoms with Crippen molar-refractivity contribution in [3.8, 4) is 11.6 Å². The van der Waals surface area contributed by atoms with Gasteiger partial charge in [-0.05, 0) is 52.3 Å². The smallest absolute Gasteiger partial charge is 0.341 e. The number of aryl methyl sites for hydroxylation is 1. The Labute approximate surface area is 183 Å². The Morgan fingerprint density at radius 1 is 1.33 bits per heavy atom. The normalized spacial score (nSPS) is 11.1. The van der Waals surface area contributed by atoms with Crippen LogP contribution in [0.4, 0.5) is 5.00 Å². The summed E-state index contributed by atoms with van der Waals surface area (Å²) in [5, 5.41) is 12.4. The molecule has 8 nitrogen and oxygen atoms in total. The lowest BCUT2D eigenvalue weighted by Gasteiger charge is -2.12. The Balaban J connectivity index is 1.73. The van der Waals surface area contributed by atoms with Crippen LogP contribution >= 0.6 is 23.1 Å². The summed E-state index contributed by atoms with van der Waals surface area (Å²) >= 11 is 2.65. The zero-order valence-electron chi connectivity index (χ0n) is 17.5. The van der Waals surface area contributed by atoms with E-state index in [0.29, 0.717) is 27.3 Å². The number of thiophene rings is 1.